The normalized spacial score (nSPS) is 13.4. The Balaban J connectivity index is 2.80. The van der Waals surface area contributed by atoms with Gasteiger partial charge < -0.3 is 4.74 Å². The Hall–Kier alpha value is -0.690. The lowest BCUT2D eigenvalue weighted by Gasteiger charge is -2.13. The number of methoxy groups -OCH3 is 1. The highest BCUT2D eigenvalue weighted by Gasteiger charge is 2.20. The van der Waals surface area contributed by atoms with Gasteiger partial charge >= 0.3 is 0 Å². The number of aryl methyl sites for hydroxylation is 2. The summed E-state index contributed by atoms with van der Waals surface area (Å²) < 4.78 is 45.0. The van der Waals surface area contributed by atoms with E-state index < -0.39 is 15.8 Å². The summed E-state index contributed by atoms with van der Waals surface area (Å²) in [5, 5.41) is -0.252. The van der Waals surface area contributed by atoms with Gasteiger partial charge in [0.25, 0.3) is 0 Å². The van der Waals surface area contributed by atoms with Crippen LogP contribution in [-0.2, 0) is 14.8 Å². The maximum Gasteiger partial charge on any atom is 0.241 e. The first kappa shape index (κ1) is 17.4. The summed E-state index contributed by atoms with van der Waals surface area (Å²) in [7, 11) is -2.13. The number of ether oxygens (including phenoxy) is 1. The average molecular weight is 324 g/mol. The molecule has 1 N–H and O–H groups in total. The van der Waals surface area contributed by atoms with Crippen molar-refractivity contribution in [3.8, 4) is 0 Å². The SMILES string of the molecule is COCC(Cl)CCNS(=O)(=O)c1c(C)cc(F)cc1C. The fraction of sp³-hybridized carbons (Fsp3) is 0.538. The molecule has 0 aliphatic heterocycles. The molecule has 1 rings (SSSR count). The van der Waals surface area contributed by atoms with Crippen LogP contribution in [0.2, 0.25) is 0 Å². The number of benzene rings is 1. The topological polar surface area (TPSA) is 55.4 Å². The Morgan fingerprint density at radius 1 is 1.35 bits per heavy atom. The Kier molecular flexibility index (Phi) is 6.39. The van der Waals surface area contributed by atoms with Gasteiger partial charge in [0.1, 0.15) is 5.82 Å². The maximum absolute atomic E-state index is 13.2. The Labute approximate surface area is 124 Å². The number of halogens is 2. The van der Waals surface area contributed by atoms with Gasteiger partial charge in [0.05, 0.1) is 16.9 Å². The number of hydrogen-bond acceptors (Lipinski definition) is 3. The summed E-state index contributed by atoms with van der Waals surface area (Å²) >= 11 is 5.93. The molecule has 114 valence electrons. The van der Waals surface area contributed by atoms with Crippen LogP contribution in [0.5, 0.6) is 0 Å². The molecule has 0 aromatic heterocycles. The van der Waals surface area contributed by atoms with Crippen LogP contribution in [0.4, 0.5) is 4.39 Å². The van der Waals surface area contributed by atoms with Crippen molar-refractivity contribution in [3.63, 3.8) is 0 Å². The molecule has 1 aromatic carbocycles. The van der Waals surface area contributed by atoms with Gasteiger partial charge in [-0.1, -0.05) is 0 Å². The van der Waals surface area contributed by atoms with E-state index >= 15 is 0 Å². The van der Waals surface area contributed by atoms with Crippen LogP contribution >= 0.6 is 11.6 Å². The van der Waals surface area contributed by atoms with E-state index in [1.54, 1.807) is 13.8 Å². The van der Waals surface area contributed by atoms with E-state index in [1.807, 2.05) is 0 Å². The Morgan fingerprint density at radius 2 is 1.90 bits per heavy atom. The number of alkyl halides is 1. The molecule has 0 radical (unpaired) electrons. The zero-order valence-corrected chi connectivity index (χ0v) is 13.3. The molecule has 1 unspecified atom stereocenters. The van der Waals surface area contributed by atoms with E-state index in [-0.39, 0.29) is 16.8 Å². The predicted molar refractivity (Wildman–Crippen MR) is 77.2 cm³/mol. The lowest BCUT2D eigenvalue weighted by molar-refractivity contribution is 0.196. The first-order valence-electron chi connectivity index (χ1n) is 6.17. The first-order chi connectivity index (χ1) is 9.27. The summed E-state index contributed by atoms with van der Waals surface area (Å²) in [6, 6.07) is 2.41. The van der Waals surface area contributed by atoms with Crippen molar-refractivity contribution in [2.24, 2.45) is 0 Å². The van der Waals surface area contributed by atoms with Gasteiger partial charge in [-0.15, -0.1) is 11.6 Å². The predicted octanol–water partition coefficient (Wildman–Crippen LogP) is 2.36. The fourth-order valence-corrected chi connectivity index (χ4v) is 3.74. The molecule has 0 fully saturated rings. The van der Waals surface area contributed by atoms with Crippen molar-refractivity contribution in [2.75, 3.05) is 20.3 Å². The Bertz CT molecular complexity index is 540. The van der Waals surface area contributed by atoms with E-state index in [0.717, 1.165) is 0 Å². The molecule has 7 heteroatoms. The first-order valence-corrected chi connectivity index (χ1v) is 8.09. The number of hydrogen-bond donors (Lipinski definition) is 1. The van der Waals surface area contributed by atoms with Gasteiger partial charge in [-0.25, -0.2) is 17.5 Å². The van der Waals surface area contributed by atoms with E-state index in [9.17, 15) is 12.8 Å². The quantitative estimate of drug-likeness (QED) is 0.784. The third-order valence-electron chi connectivity index (χ3n) is 2.79. The van der Waals surface area contributed by atoms with Crippen molar-refractivity contribution in [3.05, 3.63) is 29.1 Å². The molecule has 0 amide bonds. The molecule has 1 aromatic rings. The highest BCUT2D eigenvalue weighted by Crippen LogP contribution is 2.21. The number of rotatable bonds is 7. The minimum absolute atomic E-state index is 0.122. The van der Waals surface area contributed by atoms with Crippen LogP contribution in [0.25, 0.3) is 0 Å². The van der Waals surface area contributed by atoms with Gasteiger partial charge in [0.2, 0.25) is 10.0 Å². The van der Waals surface area contributed by atoms with Gasteiger partial charge in [0.15, 0.2) is 0 Å². The van der Waals surface area contributed by atoms with Crippen LogP contribution in [0.1, 0.15) is 17.5 Å². The third-order valence-corrected chi connectivity index (χ3v) is 4.90. The van der Waals surface area contributed by atoms with Crippen molar-refractivity contribution < 1.29 is 17.5 Å². The second kappa shape index (κ2) is 7.36. The van der Waals surface area contributed by atoms with Crippen LogP contribution in [0.15, 0.2) is 17.0 Å². The number of sulfonamides is 1. The van der Waals surface area contributed by atoms with Gasteiger partial charge in [-0.2, -0.15) is 0 Å². The van der Waals surface area contributed by atoms with Crippen LogP contribution < -0.4 is 4.72 Å². The zero-order chi connectivity index (χ0) is 15.3. The average Bonchev–Trinajstić information content (AvgIpc) is 2.26. The highest BCUT2D eigenvalue weighted by molar-refractivity contribution is 7.89. The Morgan fingerprint density at radius 3 is 2.40 bits per heavy atom. The molecule has 0 bridgehead atoms. The molecule has 0 heterocycles. The smallest absolute Gasteiger partial charge is 0.241 e. The zero-order valence-electron chi connectivity index (χ0n) is 11.7. The van der Waals surface area contributed by atoms with E-state index in [2.05, 4.69) is 4.72 Å². The maximum atomic E-state index is 13.2. The third kappa shape index (κ3) is 4.70. The second-order valence-electron chi connectivity index (χ2n) is 4.61. The van der Waals surface area contributed by atoms with E-state index in [4.69, 9.17) is 16.3 Å². The van der Waals surface area contributed by atoms with Crippen LogP contribution in [-0.4, -0.2) is 34.1 Å². The van der Waals surface area contributed by atoms with Crippen molar-refractivity contribution >= 4 is 21.6 Å². The summed E-state index contributed by atoms with van der Waals surface area (Å²) in [6.45, 7) is 3.70. The molecule has 0 aliphatic rings. The lowest BCUT2D eigenvalue weighted by atomic mass is 10.1. The summed E-state index contributed by atoms with van der Waals surface area (Å²) in [5.41, 5.74) is 0.767. The summed E-state index contributed by atoms with van der Waals surface area (Å²) in [6.07, 6.45) is 0.452. The van der Waals surface area contributed by atoms with Crippen molar-refractivity contribution in [1.29, 1.82) is 0 Å². The summed E-state index contributed by atoms with van der Waals surface area (Å²) in [4.78, 5) is 0.122. The number of nitrogens with one attached hydrogen (secondary N) is 1. The summed E-state index contributed by atoms with van der Waals surface area (Å²) in [5.74, 6) is -0.445. The fourth-order valence-electron chi connectivity index (χ4n) is 2.01. The molecule has 0 spiro atoms. The standard InChI is InChI=1S/C13H19ClFNO3S/c1-9-6-12(15)7-10(2)13(9)20(17,18)16-5-4-11(14)8-19-3/h6-7,11,16H,4-5,8H2,1-3H3. The van der Waals surface area contributed by atoms with Crippen molar-refractivity contribution in [2.45, 2.75) is 30.5 Å². The molecule has 1 atom stereocenters. The van der Waals surface area contributed by atoms with Gasteiger partial charge in [-0.3, -0.25) is 0 Å². The van der Waals surface area contributed by atoms with Gasteiger partial charge in [-0.05, 0) is 43.5 Å². The van der Waals surface area contributed by atoms with Crippen LogP contribution in [0, 0.1) is 19.7 Å². The highest BCUT2D eigenvalue weighted by atomic mass is 35.5. The van der Waals surface area contributed by atoms with Crippen molar-refractivity contribution in [1.82, 2.24) is 4.72 Å². The van der Waals surface area contributed by atoms with Crippen LogP contribution in [0.3, 0.4) is 0 Å². The minimum atomic E-state index is -3.67. The molecular weight excluding hydrogens is 305 g/mol. The minimum Gasteiger partial charge on any atom is -0.383 e. The molecule has 0 saturated heterocycles. The molecule has 0 saturated carbocycles. The lowest BCUT2D eigenvalue weighted by Crippen LogP contribution is -2.28. The second-order valence-corrected chi connectivity index (χ2v) is 6.93. The molecule has 4 nitrogen and oxygen atoms in total. The van der Waals surface area contributed by atoms with E-state index in [1.165, 1.54) is 19.2 Å². The largest absolute Gasteiger partial charge is 0.383 e. The van der Waals surface area contributed by atoms with E-state index in [0.29, 0.717) is 24.2 Å². The molecule has 20 heavy (non-hydrogen) atoms. The van der Waals surface area contributed by atoms with Gasteiger partial charge in [0, 0.05) is 13.7 Å². The monoisotopic (exact) mass is 323 g/mol. The molecular formula is C13H19ClFNO3S. The molecule has 0 aliphatic carbocycles.